The molecule has 2 aromatic carbocycles. The first-order valence-electron chi connectivity index (χ1n) is 12.1. The van der Waals surface area contributed by atoms with Gasteiger partial charge in [0.25, 0.3) is 0 Å². The van der Waals surface area contributed by atoms with Crippen LogP contribution in [0.4, 0.5) is 0 Å². The van der Waals surface area contributed by atoms with Gasteiger partial charge in [-0.25, -0.2) is 0 Å². The summed E-state index contributed by atoms with van der Waals surface area (Å²) in [6.07, 6.45) is 5.18. The quantitative estimate of drug-likeness (QED) is 0.748. The fourth-order valence-electron chi connectivity index (χ4n) is 4.96. The van der Waals surface area contributed by atoms with Gasteiger partial charge in [-0.1, -0.05) is 55.5 Å². The molecule has 0 spiro atoms. The number of aryl methyl sites for hydroxylation is 1. The van der Waals surface area contributed by atoms with Gasteiger partial charge in [-0.2, -0.15) is 0 Å². The summed E-state index contributed by atoms with van der Waals surface area (Å²) in [7, 11) is 0. The number of hydrogen-bond donors (Lipinski definition) is 1. The molecule has 2 aliphatic heterocycles. The third-order valence-corrected chi connectivity index (χ3v) is 6.90. The first kappa shape index (κ1) is 22.5. The highest BCUT2D eigenvalue weighted by atomic mass is 16.2. The molecule has 2 aromatic rings. The molecule has 0 unspecified atom stereocenters. The van der Waals surface area contributed by atoms with E-state index in [1.165, 1.54) is 17.5 Å². The van der Waals surface area contributed by atoms with Crippen LogP contribution in [0.5, 0.6) is 0 Å². The lowest BCUT2D eigenvalue weighted by Gasteiger charge is -2.39. The van der Waals surface area contributed by atoms with Crippen LogP contribution in [-0.4, -0.2) is 47.8 Å². The molecule has 1 fully saturated rings. The van der Waals surface area contributed by atoms with Crippen molar-refractivity contribution in [3.05, 3.63) is 70.8 Å². The summed E-state index contributed by atoms with van der Waals surface area (Å²) in [5, 5.41) is 3.14. The number of fused-ring (bicyclic) bond motifs is 1. The number of hydrogen-bond acceptors (Lipinski definition) is 3. The van der Waals surface area contributed by atoms with Crippen molar-refractivity contribution < 1.29 is 9.59 Å². The van der Waals surface area contributed by atoms with Crippen LogP contribution in [0.3, 0.4) is 0 Å². The van der Waals surface area contributed by atoms with E-state index in [0.29, 0.717) is 6.54 Å². The van der Waals surface area contributed by atoms with Crippen LogP contribution in [0.1, 0.15) is 67.4 Å². The molecule has 5 nitrogen and oxygen atoms in total. The van der Waals surface area contributed by atoms with Crippen molar-refractivity contribution in [1.29, 1.82) is 0 Å². The standard InChI is InChI=1S/C27H35N3O2/c1-3-21-11-13-22(14-12-21)20(2)28-25(31)19-30-18-15-23-9-5-6-10-24(23)26(30)27(32)29-16-7-4-8-17-29/h5-6,9-14,20,26H,3-4,7-8,15-19H2,1-2H3,(H,28,31)/t20-,26-/m0/s1. The molecule has 0 bridgehead atoms. The summed E-state index contributed by atoms with van der Waals surface area (Å²) in [6, 6.07) is 16.2. The van der Waals surface area contributed by atoms with E-state index in [1.807, 2.05) is 24.0 Å². The fraction of sp³-hybridized carbons (Fsp3) is 0.481. The van der Waals surface area contributed by atoms with Crippen LogP contribution < -0.4 is 5.32 Å². The van der Waals surface area contributed by atoms with Gasteiger partial charge in [0, 0.05) is 19.6 Å². The molecule has 2 amide bonds. The predicted octanol–water partition coefficient (Wildman–Crippen LogP) is 4.04. The molecule has 2 atom stereocenters. The Morgan fingerprint density at radius 1 is 1.00 bits per heavy atom. The Morgan fingerprint density at radius 2 is 1.72 bits per heavy atom. The van der Waals surface area contributed by atoms with Gasteiger partial charge in [-0.15, -0.1) is 0 Å². The average molecular weight is 434 g/mol. The zero-order valence-corrected chi connectivity index (χ0v) is 19.3. The molecule has 0 aromatic heterocycles. The Kier molecular flexibility index (Phi) is 7.26. The van der Waals surface area contributed by atoms with Crippen LogP contribution in [-0.2, 0) is 22.4 Å². The summed E-state index contributed by atoms with van der Waals surface area (Å²) < 4.78 is 0. The maximum absolute atomic E-state index is 13.6. The Balaban J connectivity index is 1.47. The first-order valence-corrected chi connectivity index (χ1v) is 12.1. The lowest BCUT2D eigenvalue weighted by molar-refractivity contribution is -0.139. The smallest absolute Gasteiger partial charge is 0.244 e. The van der Waals surface area contributed by atoms with Crippen LogP contribution in [0, 0.1) is 0 Å². The maximum atomic E-state index is 13.6. The van der Waals surface area contributed by atoms with Gasteiger partial charge in [0.15, 0.2) is 0 Å². The monoisotopic (exact) mass is 433 g/mol. The van der Waals surface area contributed by atoms with Gasteiger partial charge in [0.2, 0.25) is 11.8 Å². The lowest BCUT2D eigenvalue weighted by Crippen LogP contribution is -2.50. The number of carbonyl (C=O) groups excluding carboxylic acids is 2. The van der Waals surface area contributed by atoms with Crippen molar-refractivity contribution in [1.82, 2.24) is 15.1 Å². The molecule has 1 N–H and O–H groups in total. The fourth-order valence-corrected chi connectivity index (χ4v) is 4.96. The Hall–Kier alpha value is -2.66. The molecule has 170 valence electrons. The van der Waals surface area contributed by atoms with Crippen LogP contribution in [0.2, 0.25) is 0 Å². The van der Waals surface area contributed by atoms with Gasteiger partial charge in [-0.05, 0) is 61.3 Å². The predicted molar refractivity (Wildman–Crippen MR) is 127 cm³/mol. The number of amides is 2. The largest absolute Gasteiger partial charge is 0.348 e. The van der Waals surface area contributed by atoms with Crippen LogP contribution >= 0.6 is 0 Å². The molecule has 0 saturated carbocycles. The first-order chi connectivity index (χ1) is 15.6. The zero-order valence-electron chi connectivity index (χ0n) is 19.3. The highest BCUT2D eigenvalue weighted by Gasteiger charge is 2.36. The summed E-state index contributed by atoms with van der Waals surface area (Å²) in [5.74, 6) is 0.112. The van der Waals surface area contributed by atoms with Crippen molar-refractivity contribution in [2.24, 2.45) is 0 Å². The SMILES string of the molecule is CCc1ccc([C@H](C)NC(=O)CN2CCc3ccccc3[C@H]2C(=O)N2CCCCC2)cc1. The van der Waals surface area contributed by atoms with Gasteiger partial charge >= 0.3 is 0 Å². The number of nitrogens with zero attached hydrogens (tertiary/aromatic N) is 2. The molecule has 5 heteroatoms. The highest BCUT2D eigenvalue weighted by molar-refractivity contribution is 5.86. The third kappa shape index (κ3) is 5.04. The van der Waals surface area contributed by atoms with E-state index in [-0.39, 0.29) is 30.4 Å². The molecule has 0 radical (unpaired) electrons. The minimum absolute atomic E-state index is 0.0344. The summed E-state index contributed by atoms with van der Waals surface area (Å²) in [4.78, 5) is 30.6. The molecule has 2 heterocycles. The number of rotatable bonds is 6. The molecular formula is C27H35N3O2. The van der Waals surface area contributed by atoms with E-state index >= 15 is 0 Å². The molecule has 2 aliphatic rings. The van der Waals surface area contributed by atoms with Crippen LogP contribution in [0.15, 0.2) is 48.5 Å². The number of likely N-dealkylation sites (tertiary alicyclic amines) is 1. The molecule has 0 aliphatic carbocycles. The Bertz CT molecular complexity index is 934. The zero-order chi connectivity index (χ0) is 22.5. The number of benzene rings is 2. The summed E-state index contributed by atoms with van der Waals surface area (Å²) in [6.45, 7) is 6.74. The van der Waals surface area contributed by atoms with E-state index in [1.54, 1.807) is 0 Å². The topological polar surface area (TPSA) is 52.7 Å². The lowest BCUT2D eigenvalue weighted by atomic mass is 9.91. The molecular weight excluding hydrogens is 398 g/mol. The van der Waals surface area contributed by atoms with Crippen molar-refractivity contribution in [2.45, 2.75) is 58.0 Å². The van der Waals surface area contributed by atoms with Gasteiger partial charge in [0.05, 0.1) is 12.6 Å². The Morgan fingerprint density at radius 3 is 2.44 bits per heavy atom. The van der Waals surface area contributed by atoms with E-state index in [4.69, 9.17) is 0 Å². The van der Waals surface area contributed by atoms with Gasteiger partial charge in [0.1, 0.15) is 6.04 Å². The second-order valence-electron chi connectivity index (χ2n) is 9.09. The Labute approximate surface area is 191 Å². The van der Waals surface area contributed by atoms with Crippen LogP contribution in [0.25, 0.3) is 0 Å². The third-order valence-electron chi connectivity index (χ3n) is 6.90. The molecule has 4 rings (SSSR count). The maximum Gasteiger partial charge on any atom is 0.244 e. The number of nitrogens with one attached hydrogen (secondary N) is 1. The van der Waals surface area contributed by atoms with E-state index < -0.39 is 0 Å². The van der Waals surface area contributed by atoms with Crippen molar-refractivity contribution in [2.75, 3.05) is 26.2 Å². The van der Waals surface area contributed by atoms with Gasteiger partial charge < -0.3 is 10.2 Å². The van der Waals surface area contributed by atoms with E-state index in [2.05, 4.69) is 53.5 Å². The van der Waals surface area contributed by atoms with Crippen molar-refractivity contribution in [3.63, 3.8) is 0 Å². The van der Waals surface area contributed by atoms with Crippen molar-refractivity contribution >= 4 is 11.8 Å². The molecule has 32 heavy (non-hydrogen) atoms. The second kappa shape index (κ2) is 10.3. The normalized spacial score (nSPS) is 19.8. The minimum atomic E-state index is -0.372. The minimum Gasteiger partial charge on any atom is -0.348 e. The summed E-state index contributed by atoms with van der Waals surface area (Å²) in [5.41, 5.74) is 4.67. The van der Waals surface area contributed by atoms with E-state index in [9.17, 15) is 9.59 Å². The van der Waals surface area contributed by atoms with Gasteiger partial charge in [-0.3, -0.25) is 14.5 Å². The summed E-state index contributed by atoms with van der Waals surface area (Å²) >= 11 is 0. The average Bonchev–Trinajstić information content (AvgIpc) is 2.84. The van der Waals surface area contributed by atoms with Crippen molar-refractivity contribution in [3.8, 4) is 0 Å². The number of piperidine rings is 1. The molecule has 1 saturated heterocycles. The second-order valence-corrected chi connectivity index (χ2v) is 9.09. The number of carbonyl (C=O) groups is 2. The van der Waals surface area contributed by atoms with E-state index in [0.717, 1.165) is 49.9 Å². The highest BCUT2D eigenvalue weighted by Crippen LogP contribution is 2.32.